The lowest BCUT2D eigenvalue weighted by molar-refractivity contribution is -0.145. The van der Waals surface area contributed by atoms with Crippen molar-refractivity contribution < 1.29 is 41.8 Å². The number of hydrogen-bond donors (Lipinski definition) is 1. The fourth-order valence-corrected chi connectivity index (χ4v) is 4.49. The molecule has 8 nitrogen and oxygen atoms in total. The molecule has 3 aromatic carbocycles. The fourth-order valence-electron chi connectivity index (χ4n) is 4.49. The number of anilines is 2. The zero-order valence-electron chi connectivity index (χ0n) is 21.7. The molecule has 0 unspecified atom stereocenters. The van der Waals surface area contributed by atoms with Gasteiger partial charge in [-0.05, 0) is 49.4 Å². The van der Waals surface area contributed by atoms with Crippen molar-refractivity contribution in [2.75, 3.05) is 31.0 Å². The molecule has 40 heavy (non-hydrogen) atoms. The van der Waals surface area contributed by atoms with E-state index in [1.165, 1.54) is 30.3 Å². The van der Waals surface area contributed by atoms with Gasteiger partial charge in [-0.2, -0.15) is 13.2 Å². The molecule has 208 valence electrons. The lowest BCUT2D eigenvalue weighted by Gasteiger charge is -2.38. The summed E-state index contributed by atoms with van der Waals surface area (Å²) < 4.78 is 56.6. The van der Waals surface area contributed by atoms with Gasteiger partial charge in [0.2, 0.25) is 0 Å². The van der Waals surface area contributed by atoms with E-state index in [4.69, 9.17) is 14.2 Å². The topological polar surface area (TPSA) is 94.2 Å². The second-order valence-corrected chi connectivity index (χ2v) is 8.58. The second kappa shape index (κ2) is 11.1. The Labute approximate surface area is 227 Å². The lowest BCUT2D eigenvalue weighted by Crippen LogP contribution is -2.61. The normalized spacial score (nSPS) is 17.1. The van der Waals surface area contributed by atoms with Gasteiger partial charge in [0.25, 0.3) is 11.6 Å². The summed E-state index contributed by atoms with van der Waals surface area (Å²) in [7, 11) is 2.19. The monoisotopic (exact) mass is 554 g/mol. The van der Waals surface area contributed by atoms with Crippen molar-refractivity contribution in [3.8, 4) is 5.75 Å². The van der Waals surface area contributed by atoms with Crippen LogP contribution in [0.4, 0.5) is 24.5 Å². The number of carbonyl (C=O) groups excluding carboxylic acids is 3. The zero-order valence-corrected chi connectivity index (χ0v) is 21.7. The van der Waals surface area contributed by atoms with Crippen molar-refractivity contribution >= 4 is 29.0 Å². The van der Waals surface area contributed by atoms with Crippen LogP contribution < -0.4 is 15.0 Å². The number of benzene rings is 3. The Morgan fingerprint density at radius 3 is 2.20 bits per heavy atom. The number of hydrogen-bond acceptors (Lipinski definition) is 7. The summed E-state index contributed by atoms with van der Waals surface area (Å²) in [6.45, 7) is 2.16. The molecule has 1 aliphatic rings. The molecular weight excluding hydrogens is 529 g/mol. The number of amides is 1. The molecule has 4 rings (SSSR count). The molecule has 0 fully saturated rings. The van der Waals surface area contributed by atoms with Crippen molar-refractivity contribution in [1.29, 1.82) is 0 Å². The minimum atomic E-state index is -4.70. The molecule has 1 heterocycles. The van der Waals surface area contributed by atoms with Gasteiger partial charge >= 0.3 is 12.1 Å². The molecule has 0 bridgehead atoms. The molecule has 0 aliphatic carbocycles. The van der Waals surface area contributed by atoms with Gasteiger partial charge in [-0.25, -0.2) is 4.79 Å². The van der Waals surface area contributed by atoms with Crippen molar-refractivity contribution in [3.63, 3.8) is 0 Å². The van der Waals surface area contributed by atoms with E-state index in [1.54, 1.807) is 37.3 Å². The number of halogens is 3. The summed E-state index contributed by atoms with van der Waals surface area (Å²) in [4.78, 5) is 42.5. The number of nitrogens with zero attached hydrogens (tertiary/aromatic N) is 1. The van der Waals surface area contributed by atoms with Crippen LogP contribution in [0.1, 0.15) is 22.8 Å². The van der Waals surface area contributed by atoms with Crippen LogP contribution in [0.2, 0.25) is 0 Å². The van der Waals surface area contributed by atoms with Gasteiger partial charge in [-0.1, -0.05) is 36.4 Å². The molecule has 0 saturated carbocycles. The van der Waals surface area contributed by atoms with E-state index in [0.717, 1.165) is 37.3 Å². The summed E-state index contributed by atoms with van der Waals surface area (Å²) in [6, 6.07) is 17.8. The van der Waals surface area contributed by atoms with Crippen LogP contribution in [0.25, 0.3) is 0 Å². The Hall–Kier alpha value is -4.80. The van der Waals surface area contributed by atoms with Crippen LogP contribution in [0.3, 0.4) is 0 Å². The first-order valence-corrected chi connectivity index (χ1v) is 12.1. The van der Waals surface area contributed by atoms with Crippen LogP contribution in [0.5, 0.6) is 5.75 Å². The third kappa shape index (κ3) is 4.97. The maximum atomic E-state index is 14.0. The van der Waals surface area contributed by atoms with E-state index < -0.39 is 46.4 Å². The van der Waals surface area contributed by atoms with Crippen molar-refractivity contribution in [3.05, 3.63) is 101 Å². The Kier molecular flexibility index (Phi) is 7.85. The first kappa shape index (κ1) is 28.2. The zero-order chi connectivity index (χ0) is 29.1. The van der Waals surface area contributed by atoms with E-state index in [1.807, 2.05) is 0 Å². The number of nitrogens with one attached hydrogen (secondary N) is 1. The second-order valence-electron chi connectivity index (χ2n) is 8.58. The standard InChI is InChI=1S/C29H25F3N2O6/c1-4-40-22-15-13-21(14-16-22)34-26(36)25(38-2)23(24(35)18-9-6-5-7-10-18)28(34,27(37)39-3)33-20-12-8-11-19(17-20)29(30,31)32/h5-17,33H,4H2,1-3H3/t28-/m1/s1. The Balaban J connectivity index is 2.01. The van der Waals surface area contributed by atoms with E-state index in [9.17, 15) is 27.6 Å². The SMILES string of the molecule is CCOc1ccc(N2C(=O)C(OC)=C(C(=O)c3ccccc3)[C@]2(Nc2cccc(C(F)(F)F)c2)C(=O)OC)cc1. The lowest BCUT2D eigenvalue weighted by atomic mass is 9.91. The Morgan fingerprint density at radius 1 is 0.950 bits per heavy atom. The van der Waals surface area contributed by atoms with Crippen molar-refractivity contribution in [2.24, 2.45) is 0 Å². The molecule has 3 aromatic rings. The van der Waals surface area contributed by atoms with Gasteiger partial charge in [0.15, 0.2) is 11.5 Å². The third-order valence-corrected chi connectivity index (χ3v) is 6.19. The number of methoxy groups -OCH3 is 2. The van der Waals surface area contributed by atoms with E-state index in [2.05, 4.69) is 5.32 Å². The number of ether oxygens (including phenoxy) is 3. The maximum absolute atomic E-state index is 14.0. The summed E-state index contributed by atoms with van der Waals surface area (Å²) in [5, 5.41) is 2.74. The van der Waals surface area contributed by atoms with Crippen LogP contribution in [-0.4, -0.2) is 44.1 Å². The maximum Gasteiger partial charge on any atom is 0.416 e. The molecule has 0 aromatic heterocycles. The molecular formula is C29H25F3N2O6. The van der Waals surface area contributed by atoms with E-state index in [-0.39, 0.29) is 16.9 Å². The summed E-state index contributed by atoms with van der Waals surface area (Å²) in [5.41, 5.74) is -3.91. The quantitative estimate of drug-likeness (QED) is 0.287. The van der Waals surface area contributed by atoms with Crippen LogP contribution in [0, 0.1) is 0 Å². The van der Waals surface area contributed by atoms with Crippen molar-refractivity contribution in [1.82, 2.24) is 0 Å². The van der Waals surface area contributed by atoms with Crippen LogP contribution >= 0.6 is 0 Å². The average molecular weight is 555 g/mol. The highest BCUT2D eigenvalue weighted by molar-refractivity contribution is 6.27. The number of esters is 1. The smallest absolute Gasteiger partial charge is 0.416 e. The van der Waals surface area contributed by atoms with Crippen LogP contribution in [0.15, 0.2) is 90.2 Å². The van der Waals surface area contributed by atoms with Gasteiger partial charge in [0, 0.05) is 16.9 Å². The first-order valence-electron chi connectivity index (χ1n) is 12.1. The average Bonchev–Trinajstić information content (AvgIpc) is 3.20. The summed E-state index contributed by atoms with van der Waals surface area (Å²) >= 11 is 0. The highest BCUT2D eigenvalue weighted by Gasteiger charge is 2.62. The summed E-state index contributed by atoms with van der Waals surface area (Å²) in [6.07, 6.45) is -4.70. The predicted octanol–water partition coefficient (Wildman–Crippen LogP) is 5.22. The van der Waals surface area contributed by atoms with Crippen molar-refractivity contribution in [2.45, 2.75) is 18.8 Å². The first-order chi connectivity index (χ1) is 19.1. The highest BCUT2D eigenvalue weighted by Crippen LogP contribution is 2.44. The minimum Gasteiger partial charge on any atom is -0.494 e. The number of ketones is 1. The molecule has 1 N–H and O–H groups in total. The highest BCUT2D eigenvalue weighted by atomic mass is 19.4. The fraction of sp³-hybridized carbons (Fsp3) is 0.207. The molecule has 11 heteroatoms. The molecule has 1 amide bonds. The number of Topliss-reactive ketones (excluding diaryl/α,β-unsaturated/α-hetero) is 1. The van der Waals surface area contributed by atoms with Gasteiger partial charge in [0.05, 0.1) is 26.4 Å². The van der Waals surface area contributed by atoms with E-state index >= 15 is 0 Å². The number of rotatable bonds is 9. The van der Waals surface area contributed by atoms with E-state index in [0.29, 0.717) is 12.4 Å². The van der Waals surface area contributed by atoms with Gasteiger partial charge in [-0.15, -0.1) is 0 Å². The van der Waals surface area contributed by atoms with Gasteiger partial charge in [0.1, 0.15) is 11.3 Å². The minimum absolute atomic E-state index is 0.104. The summed E-state index contributed by atoms with van der Waals surface area (Å²) in [5.74, 6) is -2.82. The Morgan fingerprint density at radius 2 is 1.62 bits per heavy atom. The molecule has 1 atom stereocenters. The van der Waals surface area contributed by atoms with Gasteiger partial charge < -0.3 is 19.5 Å². The molecule has 1 aliphatic heterocycles. The van der Waals surface area contributed by atoms with Gasteiger partial charge in [-0.3, -0.25) is 14.5 Å². The molecule has 0 saturated heterocycles. The molecule has 0 spiro atoms. The number of alkyl halides is 3. The molecule has 0 radical (unpaired) electrons. The largest absolute Gasteiger partial charge is 0.494 e. The van der Waals surface area contributed by atoms with Crippen LogP contribution in [-0.2, 0) is 25.2 Å². The predicted molar refractivity (Wildman–Crippen MR) is 140 cm³/mol. The third-order valence-electron chi connectivity index (χ3n) is 6.19. The Bertz CT molecular complexity index is 1450. The number of carbonyl (C=O) groups is 3.